The molecule has 0 aliphatic heterocycles. The molecule has 6 heteroatoms. The van der Waals surface area contributed by atoms with Gasteiger partial charge in [0.2, 0.25) is 0 Å². The van der Waals surface area contributed by atoms with Gasteiger partial charge in [0.05, 0.1) is 5.25 Å². The number of nitrogens with two attached hydrogens (primary N) is 1. The van der Waals surface area contributed by atoms with Crippen molar-refractivity contribution in [1.29, 1.82) is 0 Å². The van der Waals surface area contributed by atoms with Gasteiger partial charge in [-0.05, 0) is 6.42 Å². The predicted octanol–water partition coefficient (Wildman–Crippen LogP) is 4.03. The van der Waals surface area contributed by atoms with Crippen molar-refractivity contribution < 1.29 is 13.0 Å². The van der Waals surface area contributed by atoms with E-state index in [9.17, 15) is 8.42 Å². The molecule has 0 aliphatic carbocycles. The van der Waals surface area contributed by atoms with Crippen LogP contribution in [0.25, 0.3) is 0 Å². The molecule has 0 bridgehead atoms. The molecule has 0 saturated heterocycles. The van der Waals surface area contributed by atoms with Crippen LogP contribution in [0, 0.1) is 0 Å². The van der Waals surface area contributed by atoms with E-state index in [-0.39, 0.29) is 36.1 Å². The Bertz CT molecular complexity index is 337. The van der Waals surface area contributed by atoms with Gasteiger partial charge in [-0.2, -0.15) is 8.42 Å². The van der Waals surface area contributed by atoms with Crippen molar-refractivity contribution in [1.82, 2.24) is 0 Å². The van der Waals surface area contributed by atoms with Crippen LogP contribution in [0.5, 0.6) is 0 Å². The molecule has 0 aromatic heterocycles. The Morgan fingerprint density at radius 2 is 1.13 bits per heavy atom. The van der Waals surface area contributed by atoms with E-state index in [1.165, 1.54) is 64.2 Å². The van der Waals surface area contributed by atoms with Gasteiger partial charge in [0.1, 0.15) is 0 Å². The standard InChI is InChI=1S/C17H37NO3S.Na.H/c1-2-3-4-5-6-7-8-9-10-11-12-13-14-15-17(16-18)22(19,20)21;;/h17H,2-16,18H2,1H3,(H,19,20,21);;. The van der Waals surface area contributed by atoms with Crippen molar-refractivity contribution in [3.8, 4) is 0 Å². The molecule has 1 atom stereocenters. The Hall–Kier alpha value is 0.870. The van der Waals surface area contributed by atoms with Gasteiger partial charge in [0.15, 0.2) is 0 Å². The Kier molecular flexibility index (Phi) is 20.1. The van der Waals surface area contributed by atoms with E-state index in [2.05, 4.69) is 6.92 Å². The summed E-state index contributed by atoms with van der Waals surface area (Å²) >= 11 is 0. The first-order valence-electron chi connectivity index (χ1n) is 9.18. The summed E-state index contributed by atoms with van der Waals surface area (Å²) in [6.45, 7) is 2.26. The second kappa shape index (κ2) is 17.7. The average molecular weight is 360 g/mol. The molecule has 0 amide bonds. The second-order valence-corrected chi connectivity index (χ2v) is 8.10. The first kappa shape index (κ1) is 26.1. The first-order valence-corrected chi connectivity index (χ1v) is 10.7. The van der Waals surface area contributed by atoms with Crippen LogP contribution in [-0.2, 0) is 10.1 Å². The third kappa shape index (κ3) is 17.5. The Morgan fingerprint density at radius 3 is 1.43 bits per heavy atom. The molecule has 1 unspecified atom stereocenters. The average Bonchev–Trinajstić information content (AvgIpc) is 2.46. The molecular weight excluding hydrogens is 321 g/mol. The number of hydrogen-bond donors (Lipinski definition) is 2. The van der Waals surface area contributed by atoms with Crippen molar-refractivity contribution in [2.45, 2.75) is 102 Å². The topological polar surface area (TPSA) is 80.4 Å². The molecule has 0 fully saturated rings. The minimum absolute atomic E-state index is 0. The Morgan fingerprint density at radius 1 is 0.783 bits per heavy atom. The van der Waals surface area contributed by atoms with Crippen molar-refractivity contribution >= 4 is 39.7 Å². The second-order valence-electron chi connectivity index (χ2n) is 6.40. The summed E-state index contributed by atoms with van der Waals surface area (Å²) in [5.41, 5.74) is 5.37. The zero-order valence-electron chi connectivity index (χ0n) is 14.4. The van der Waals surface area contributed by atoms with Crippen LogP contribution in [0.4, 0.5) is 0 Å². The number of unbranched alkanes of at least 4 members (excludes halogenated alkanes) is 12. The first-order chi connectivity index (χ1) is 10.5. The molecular formula is C17H38NNaO3S. The van der Waals surface area contributed by atoms with Crippen LogP contribution < -0.4 is 5.73 Å². The van der Waals surface area contributed by atoms with Gasteiger partial charge in [-0.25, -0.2) is 0 Å². The maximum atomic E-state index is 11.0. The van der Waals surface area contributed by atoms with Gasteiger partial charge in [0.25, 0.3) is 10.1 Å². The third-order valence-corrected chi connectivity index (χ3v) is 5.58. The zero-order chi connectivity index (χ0) is 16.7. The number of rotatable bonds is 16. The molecule has 0 aliphatic rings. The Balaban J connectivity index is 0. The summed E-state index contributed by atoms with van der Waals surface area (Å²) in [5, 5.41) is -0.778. The SMILES string of the molecule is CCCCCCCCCCCCCCCC(CN)S(=O)(=O)O.[NaH]. The molecule has 0 heterocycles. The summed E-state index contributed by atoms with van der Waals surface area (Å²) in [4.78, 5) is 0. The van der Waals surface area contributed by atoms with Crippen LogP contribution in [0.3, 0.4) is 0 Å². The number of hydrogen-bond acceptors (Lipinski definition) is 3. The molecule has 0 rings (SSSR count). The van der Waals surface area contributed by atoms with E-state index in [1.54, 1.807) is 0 Å². The van der Waals surface area contributed by atoms with Gasteiger partial charge in [-0.15, -0.1) is 0 Å². The monoisotopic (exact) mass is 359 g/mol. The Labute approximate surface area is 166 Å². The molecule has 136 valence electrons. The van der Waals surface area contributed by atoms with Gasteiger partial charge in [-0.3, -0.25) is 4.55 Å². The van der Waals surface area contributed by atoms with Crippen LogP contribution in [0.1, 0.15) is 96.8 Å². The van der Waals surface area contributed by atoms with E-state index in [1.807, 2.05) is 0 Å². The van der Waals surface area contributed by atoms with E-state index in [0.29, 0.717) is 6.42 Å². The molecule has 4 nitrogen and oxygen atoms in total. The predicted molar refractivity (Wildman–Crippen MR) is 102 cm³/mol. The fourth-order valence-corrected chi connectivity index (χ4v) is 3.49. The van der Waals surface area contributed by atoms with Crippen LogP contribution in [-0.4, -0.2) is 54.3 Å². The summed E-state index contributed by atoms with van der Waals surface area (Å²) in [6.07, 6.45) is 16.9. The van der Waals surface area contributed by atoms with Crippen molar-refractivity contribution in [2.24, 2.45) is 5.73 Å². The quantitative estimate of drug-likeness (QED) is 0.248. The van der Waals surface area contributed by atoms with Gasteiger partial charge >= 0.3 is 29.6 Å². The van der Waals surface area contributed by atoms with Crippen molar-refractivity contribution in [3.05, 3.63) is 0 Å². The summed E-state index contributed by atoms with van der Waals surface area (Å²) in [5.74, 6) is 0. The van der Waals surface area contributed by atoms with Gasteiger partial charge in [-0.1, -0.05) is 90.4 Å². The van der Waals surface area contributed by atoms with Gasteiger partial charge in [0, 0.05) is 6.54 Å². The molecule has 0 spiro atoms. The molecule has 0 aromatic rings. The van der Waals surface area contributed by atoms with Crippen molar-refractivity contribution in [2.75, 3.05) is 6.54 Å². The van der Waals surface area contributed by atoms with E-state index in [0.717, 1.165) is 19.3 Å². The molecule has 3 N–H and O–H groups in total. The summed E-state index contributed by atoms with van der Waals surface area (Å²) < 4.78 is 30.9. The summed E-state index contributed by atoms with van der Waals surface area (Å²) in [6, 6.07) is 0. The van der Waals surface area contributed by atoms with Crippen molar-refractivity contribution in [3.63, 3.8) is 0 Å². The maximum absolute atomic E-state index is 11.0. The van der Waals surface area contributed by atoms with E-state index in [4.69, 9.17) is 10.3 Å². The minimum atomic E-state index is -3.96. The van der Waals surface area contributed by atoms with Crippen LogP contribution in [0.2, 0.25) is 0 Å². The molecule has 0 saturated carbocycles. The van der Waals surface area contributed by atoms with Crippen LogP contribution >= 0.6 is 0 Å². The fourth-order valence-electron chi connectivity index (χ4n) is 2.78. The van der Waals surface area contributed by atoms with E-state index < -0.39 is 15.4 Å². The summed E-state index contributed by atoms with van der Waals surface area (Å²) in [7, 11) is -3.96. The molecule has 0 radical (unpaired) electrons. The fraction of sp³-hybridized carbons (Fsp3) is 1.00. The molecule has 0 aromatic carbocycles. The van der Waals surface area contributed by atoms with Gasteiger partial charge < -0.3 is 5.73 Å². The molecule has 23 heavy (non-hydrogen) atoms. The van der Waals surface area contributed by atoms with E-state index >= 15 is 0 Å². The normalized spacial score (nSPS) is 12.8. The van der Waals surface area contributed by atoms with Crippen LogP contribution in [0.15, 0.2) is 0 Å². The zero-order valence-corrected chi connectivity index (χ0v) is 15.2. The third-order valence-electron chi connectivity index (χ3n) is 4.31.